The van der Waals surface area contributed by atoms with Gasteiger partial charge in [0.25, 0.3) is 5.91 Å². The fraction of sp³-hybridized carbons (Fsp3) is 0.222. The molecular weight excluding hydrogens is 310 g/mol. The monoisotopic (exact) mass is 325 g/mol. The van der Waals surface area contributed by atoms with Gasteiger partial charge in [0.15, 0.2) is 0 Å². The van der Waals surface area contributed by atoms with E-state index in [1.54, 1.807) is 22.9 Å². The van der Waals surface area contributed by atoms with Gasteiger partial charge in [0.1, 0.15) is 11.3 Å². The van der Waals surface area contributed by atoms with E-state index in [4.69, 9.17) is 11.6 Å². The average Bonchev–Trinajstić information content (AvgIpc) is 3.21. The van der Waals surface area contributed by atoms with Crippen LogP contribution >= 0.6 is 11.6 Å². The number of hydrogen-bond acceptors (Lipinski definition) is 2. The van der Waals surface area contributed by atoms with Crippen LogP contribution in [0.4, 0.5) is 0 Å². The molecule has 0 aliphatic carbocycles. The number of aromatic nitrogens is 2. The Hall–Kier alpha value is -2.33. The van der Waals surface area contributed by atoms with Crippen molar-refractivity contribution in [3.05, 3.63) is 71.1 Å². The first-order valence-electron chi connectivity index (χ1n) is 7.72. The number of imidazole rings is 1. The van der Waals surface area contributed by atoms with Crippen LogP contribution in [-0.2, 0) is 0 Å². The lowest BCUT2D eigenvalue weighted by Gasteiger charge is -2.24. The number of pyridine rings is 1. The van der Waals surface area contributed by atoms with Gasteiger partial charge in [0.05, 0.1) is 11.1 Å². The normalized spacial score (nSPS) is 17.8. The Morgan fingerprint density at radius 3 is 2.78 bits per heavy atom. The van der Waals surface area contributed by atoms with E-state index in [0.717, 1.165) is 25.0 Å². The third-order valence-corrected chi connectivity index (χ3v) is 4.56. The highest BCUT2D eigenvalue weighted by Crippen LogP contribution is 2.32. The smallest absolute Gasteiger partial charge is 0.274 e. The zero-order valence-electron chi connectivity index (χ0n) is 12.5. The molecule has 3 heterocycles. The average molecular weight is 326 g/mol. The minimum absolute atomic E-state index is 0.0174. The predicted octanol–water partition coefficient (Wildman–Crippen LogP) is 3.97. The standard InChI is InChI=1S/C18H16ClN3O/c19-14-8-9-17-20-15(12-21(17)11-14)18(23)22-10-4-7-16(22)13-5-2-1-3-6-13/h1-3,5-6,8-9,11-12,16H,4,7,10H2/t16-/m1/s1. The number of carbonyl (C=O) groups is 1. The molecule has 4 nitrogen and oxygen atoms in total. The van der Waals surface area contributed by atoms with Crippen molar-refractivity contribution in [1.29, 1.82) is 0 Å². The number of fused-ring (bicyclic) bond motifs is 1. The molecule has 0 radical (unpaired) electrons. The summed E-state index contributed by atoms with van der Waals surface area (Å²) in [6.07, 6.45) is 5.53. The minimum Gasteiger partial charge on any atom is -0.330 e. The molecule has 116 valence electrons. The van der Waals surface area contributed by atoms with Crippen LogP contribution in [-0.4, -0.2) is 26.7 Å². The number of benzene rings is 1. The lowest BCUT2D eigenvalue weighted by Crippen LogP contribution is -2.30. The Bertz CT molecular complexity index is 859. The first kappa shape index (κ1) is 14.3. The van der Waals surface area contributed by atoms with E-state index >= 15 is 0 Å². The number of nitrogens with zero attached hydrogens (tertiary/aromatic N) is 3. The van der Waals surface area contributed by atoms with Crippen LogP contribution in [0.1, 0.15) is 34.9 Å². The third-order valence-electron chi connectivity index (χ3n) is 4.33. The first-order valence-corrected chi connectivity index (χ1v) is 8.10. The van der Waals surface area contributed by atoms with E-state index in [2.05, 4.69) is 17.1 Å². The SMILES string of the molecule is O=C(c1cn2cc(Cl)ccc2n1)N1CCC[C@@H]1c1ccccc1. The molecule has 2 aromatic heterocycles. The van der Waals surface area contributed by atoms with E-state index in [0.29, 0.717) is 10.7 Å². The maximum Gasteiger partial charge on any atom is 0.274 e. The molecule has 1 amide bonds. The molecule has 1 aromatic carbocycles. The van der Waals surface area contributed by atoms with Gasteiger partial charge in [-0.25, -0.2) is 4.98 Å². The lowest BCUT2D eigenvalue weighted by atomic mass is 10.0. The predicted molar refractivity (Wildman–Crippen MR) is 89.7 cm³/mol. The summed E-state index contributed by atoms with van der Waals surface area (Å²) >= 11 is 5.99. The van der Waals surface area contributed by atoms with Crippen molar-refractivity contribution in [3.8, 4) is 0 Å². The summed E-state index contributed by atoms with van der Waals surface area (Å²) in [5.41, 5.74) is 2.38. The zero-order valence-corrected chi connectivity index (χ0v) is 13.3. The van der Waals surface area contributed by atoms with Crippen LogP contribution in [0.5, 0.6) is 0 Å². The Morgan fingerprint density at radius 2 is 1.96 bits per heavy atom. The van der Waals surface area contributed by atoms with Crippen LogP contribution in [0.2, 0.25) is 5.02 Å². The van der Waals surface area contributed by atoms with Gasteiger partial charge >= 0.3 is 0 Å². The molecule has 1 fully saturated rings. The number of rotatable bonds is 2. The molecule has 0 bridgehead atoms. The summed E-state index contributed by atoms with van der Waals surface area (Å²) in [7, 11) is 0. The van der Waals surface area contributed by atoms with Gasteiger partial charge in [0, 0.05) is 18.9 Å². The molecule has 1 atom stereocenters. The summed E-state index contributed by atoms with van der Waals surface area (Å²) in [5.74, 6) is -0.0174. The Kier molecular flexibility index (Phi) is 3.54. The Balaban J connectivity index is 1.66. The Morgan fingerprint density at radius 1 is 1.13 bits per heavy atom. The van der Waals surface area contributed by atoms with Crippen molar-refractivity contribution in [2.75, 3.05) is 6.54 Å². The molecule has 0 saturated carbocycles. The fourth-order valence-corrected chi connectivity index (χ4v) is 3.41. The number of halogens is 1. The van der Waals surface area contributed by atoms with Crippen LogP contribution in [0.3, 0.4) is 0 Å². The number of hydrogen-bond donors (Lipinski definition) is 0. The van der Waals surface area contributed by atoms with E-state index in [1.807, 2.05) is 29.2 Å². The largest absolute Gasteiger partial charge is 0.330 e. The molecule has 1 aliphatic rings. The number of amides is 1. The summed E-state index contributed by atoms with van der Waals surface area (Å²) < 4.78 is 1.79. The van der Waals surface area contributed by atoms with E-state index < -0.39 is 0 Å². The molecule has 0 spiro atoms. The van der Waals surface area contributed by atoms with Gasteiger partial charge in [-0.3, -0.25) is 4.79 Å². The first-order chi connectivity index (χ1) is 11.2. The van der Waals surface area contributed by atoms with Crippen molar-refractivity contribution in [2.45, 2.75) is 18.9 Å². The van der Waals surface area contributed by atoms with E-state index in [9.17, 15) is 4.79 Å². The van der Waals surface area contributed by atoms with Crippen molar-refractivity contribution >= 4 is 23.2 Å². The molecule has 1 saturated heterocycles. The molecule has 0 unspecified atom stereocenters. The molecule has 5 heteroatoms. The molecule has 1 aliphatic heterocycles. The fourth-order valence-electron chi connectivity index (χ4n) is 3.25. The lowest BCUT2D eigenvalue weighted by molar-refractivity contribution is 0.0730. The van der Waals surface area contributed by atoms with E-state index in [1.165, 1.54) is 5.56 Å². The van der Waals surface area contributed by atoms with Gasteiger partial charge in [-0.15, -0.1) is 0 Å². The molecular formula is C18H16ClN3O. The van der Waals surface area contributed by atoms with Crippen molar-refractivity contribution in [1.82, 2.24) is 14.3 Å². The van der Waals surface area contributed by atoms with E-state index in [-0.39, 0.29) is 11.9 Å². The third kappa shape index (κ3) is 2.59. The topological polar surface area (TPSA) is 37.6 Å². The Labute approximate surface area is 139 Å². The van der Waals surface area contributed by atoms with Crippen molar-refractivity contribution < 1.29 is 4.79 Å². The van der Waals surface area contributed by atoms with Crippen molar-refractivity contribution in [2.24, 2.45) is 0 Å². The highest BCUT2D eigenvalue weighted by molar-refractivity contribution is 6.30. The zero-order chi connectivity index (χ0) is 15.8. The van der Waals surface area contributed by atoms with Gasteiger partial charge in [-0.2, -0.15) is 0 Å². The number of carbonyl (C=O) groups excluding carboxylic acids is 1. The summed E-state index contributed by atoms with van der Waals surface area (Å²) in [6.45, 7) is 0.771. The van der Waals surface area contributed by atoms with Gasteiger partial charge in [-0.1, -0.05) is 41.9 Å². The molecule has 4 rings (SSSR count). The summed E-state index contributed by atoms with van der Waals surface area (Å²) in [6, 6.07) is 13.9. The van der Waals surface area contributed by atoms with Crippen LogP contribution in [0.15, 0.2) is 54.9 Å². The van der Waals surface area contributed by atoms with Gasteiger partial charge in [-0.05, 0) is 30.5 Å². The summed E-state index contributed by atoms with van der Waals surface area (Å²) in [5, 5.41) is 0.622. The van der Waals surface area contributed by atoms with Crippen molar-refractivity contribution in [3.63, 3.8) is 0 Å². The van der Waals surface area contributed by atoms with Crippen LogP contribution in [0.25, 0.3) is 5.65 Å². The second-order valence-electron chi connectivity index (χ2n) is 5.81. The molecule has 3 aromatic rings. The van der Waals surface area contributed by atoms with Gasteiger partial charge in [0.2, 0.25) is 0 Å². The van der Waals surface area contributed by atoms with Crippen LogP contribution in [0, 0.1) is 0 Å². The maximum atomic E-state index is 12.9. The van der Waals surface area contributed by atoms with Gasteiger partial charge < -0.3 is 9.30 Å². The minimum atomic E-state index is -0.0174. The molecule has 0 N–H and O–H groups in total. The maximum absolute atomic E-state index is 12.9. The summed E-state index contributed by atoms with van der Waals surface area (Å²) in [4.78, 5) is 19.3. The second kappa shape index (κ2) is 5.70. The molecule has 23 heavy (non-hydrogen) atoms. The highest BCUT2D eigenvalue weighted by atomic mass is 35.5. The highest BCUT2D eigenvalue weighted by Gasteiger charge is 2.31. The second-order valence-corrected chi connectivity index (χ2v) is 6.24. The quantitative estimate of drug-likeness (QED) is 0.715. The number of likely N-dealkylation sites (tertiary alicyclic amines) is 1. The van der Waals surface area contributed by atoms with Crippen LogP contribution < -0.4 is 0 Å².